The van der Waals surface area contributed by atoms with Crippen LogP contribution in [-0.4, -0.2) is 63.1 Å². The monoisotopic (exact) mass is 572 g/mol. The summed E-state index contributed by atoms with van der Waals surface area (Å²) < 4.78 is 6.11. The van der Waals surface area contributed by atoms with E-state index in [1.54, 1.807) is 5.41 Å². The van der Waals surface area contributed by atoms with E-state index in [0.717, 1.165) is 16.7 Å². The smallest absolute Gasteiger partial charge is 0.334 e. The number of benzene rings is 3. The van der Waals surface area contributed by atoms with Crippen molar-refractivity contribution in [1.82, 2.24) is 10.2 Å². The molecular formula is C32H32N2O6S. The van der Waals surface area contributed by atoms with Crippen LogP contribution < -0.4 is 5.32 Å². The molecule has 0 aliphatic carbocycles. The van der Waals surface area contributed by atoms with Crippen molar-refractivity contribution in [3.8, 4) is 0 Å². The van der Waals surface area contributed by atoms with Gasteiger partial charge in [0.2, 0.25) is 11.8 Å². The Morgan fingerprint density at radius 2 is 1.51 bits per heavy atom. The fourth-order valence-corrected chi connectivity index (χ4v) is 6.42. The first-order valence-electron chi connectivity index (χ1n) is 13.6. The number of esters is 1. The van der Waals surface area contributed by atoms with Crippen LogP contribution in [0.15, 0.2) is 102 Å². The number of aliphatic hydroxyl groups excluding tert-OH is 2. The van der Waals surface area contributed by atoms with Gasteiger partial charge in [0, 0.05) is 6.61 Å². The molecule has 41 heavy (non-hydrogen) atoms. The largest absolute Gasteiger partial charge is 0.451 e. The summed E-state index contributed by atoms with van der Waals surface area (Å²) in [7, 11) is 0. The summed E-state index contributed by atoms with van der Waals surface area (Å²) in [6.07, 6.45) is -1.11. The van der Waals surface area contributed by atoms with E-state index in [2.05, 4.69) is 5.32 Å². The van der Waals surface area contributed by atoms with E-state index in [1.165, 1.54) is 16.7 Å². The van der Waals surface area contributed by atoms with Gasteiger partial charge in [-0.2, -0.15) is 0 Å². The minimum atomic E-state index is -1.17. The predicted octanol–water partition coefficient (Wildman–Crippen LogP) is 3.35. The lowest BCUT2D eigenvalue weighted by molar-refractivity contribution is -0.166. The van der Waals surface area contributed by atoms with Crippen LogP contribution in [-0.2, 0) is 25.5 Å². The highest BCUT2D eigenvalue weighted by molar-refractivity contribution is 8.03. The van der Waals surface area contributed by atoms with Crippen LogP contribution in [0.25, 0.3) is 0 Å². The lowest BCUT2D eigenvalue weighted by Crippen LogP contribution is -2.74. The zero-order valence-electron chi connectivity index (χ0n) is 22.3. The van der Waals surface area contributed by atoms with Gasteiger partial charge < -0.3 is 25.2 Å². The molecule has 0 spiro atoms. The molecule has 9 heteroatoms. The molecule has 1 fully saturated rings. The van der Waals surface area contributed by atoms with Gasteiger partial charge >= 0.3 is 5.97 Å². The minimum absolute atomic E-state index is 0.114. The number of rotatable bonds is 11. The highest BCUT2D eigenvalue weighted by atomic mass is 32.2. The molecular weight excluding hydrogens is 540 g/mol. The molecule has 0 bridgehead atoms. The lowest BCUT2D eigenvalue weighted by Gasteiger charge is -2.52. The molecule has 0 saturated carbocycles. The van der Waals surface area contributed by atoms with Crippen molar-refractivity contribution in [2.24, 2.45) is 0 Å². The third-order valence-electron chi connectivity index (χ3n) is 7.22. The number of hydrogen-bond donors (Lipinski definition) is 3. The molecule has 1 unspecified atom stereocenters. The van der Waals surface area contributed by atoms with Crippen molar-refractivity contribution >= 4 is 29.5 Å². The van der Waals surface area contributed by atoms with Gasteiger partial charge in [0.25, 0.3) is 0 Å². The number of carbonyl (C=O) groups is 3. The Bertz CT molecular complexity index is 1350. The SMILES string of the molecule is O=C(Cc1ccccc1)N[C@@H]1C(=O)N2[C@@H](C(=O)OC(c3ccccc3)c3ccccc3)C(C(O)CCCO)=CS[C@H]12. The minimum Gasteiger partial charge on any atom is -0.451 e. The molecule has 5 rings (SSSR count). The third kappa shape index (κ3) is 6.37. The molecule has 3 aromatic rings. The molecule has 0 aromatic heterocycles. The van der Waals surface area contributed by atoms with Gasteiger partial charge in [-0.05, 0) is 40.5 Å². The van der Waals surface area contributed by atoms with E-state index in [9.17, 15) is 24.6 Å². The first-order valence-corrected chi connectivity index (χ1v) is 14.5. The van der Waals surface area contributed by atoms with E-state index in [-0.39, 0.29) is 25.4 Å². The van der Waals surface area contributed by atoms with Crippen molar-refractivity contribution < 1.29 is 29.3 Å². The summed E-state index contributed by atoms with van der Waals surface area (Å²) in [5.74, 6) is -1.38. The number of amides is 2. The normalized spacial score (nSPS) is 20.5. The summed E-state index contributed by atoms with van der Waals surface area (Å²) in [4.78, 5) is 41.5. The molecule has 2 aliphatic rings. The van der Waals surface area contributed by atoms with E-state index in [1.807, 2.05) is 91.0 Å². The highest BCUT2D eigenvalue weighted by Gasteiger charge is 2.57. The van der Waals surface area contributed by atoms with Crippen LogP contribution in [0.5, 0.6) is 0 Å². The quantitative estimate of drug-likeness (QED) is 0.238. The maximum atomic E-state index is 13.9. The number of thioether (sulfide) groups is 1. The fourth-order valence-electron chi connectivity index (χ4n) is 5.14. The van der Waals surface area contributed by atoms with Crippen LogP contribution in [0.3, 0.4) is 0 Å². The standard InChI is InChI=1S/C32H32N2O6S/c35-18-10-17-25(36)24-20-41-31-27(33-26(37)19-21-11-4-1-5-12-21)30(38)34(31)28(24)32(39)40-29(22-13-6-2-7-14-22)23-15-8-3-9-16-23/h1-9,11-16,20,25,27-29,31,35-36H,10,17-19H2,(H,33,37)/t25?,27-,28-,31-/m1/s1. The average molecular weight is 573 g/mol. The molecule has 212 valence electrons. The lowest BCUT2D eigenvalue weighted by atomic mass is 9.92. The maximum Gasteiger partial charge on any atom is 0.334 e. The van der Waals surface area contributed by atoms with Crippen LogP contribution in [0, 0.1) is 0 Å². The van der Waals surface area contributed by atoms with Crippen molar-refractivity contribution in [2.75, 3.05) is 6.61 Å². The van der Waals surface area contributed by atoms with E-state index < -0.39 is 41.5 Å². The van der Waals surface area contributed by atoms with Crippen LogP contribution in [0.4, 0.5) is 0 Å². The summed E-state index contributed by atoms with van der Waals surface area (Å²) in [5, 5.41) is 24.3. The Hall–Kier alpha value is -3.92. The first-order chi connectivity index (χ1) is 20.0. The van der Waals surface area contributed by atoms with Crippen LogP contribution in [0.2, 0.25) is 0 Å². The Labute approximate surface area is 243 Å². The molecule has 8 nitrogen and oxygen atoms in total. The fraction of sp³-hybridized carbons (Fsp3) is 0.281. The number of nitrogens with zero attached hydrogens (tertiary/aromatic N) is 1. The molecule has 3 N–H and O–H groups in total. The van der Waals surface area contributed by atoms with Gasteiger partial charge in [0.05, 0.1) is 12.5 Å². The van der Waals surface area contributed by atoms with Gasteiger partial charge in [-0.3, -0.25) is 9.59 Å². The molecule has 3 aromatic carbocycles. The summed E-state index contributed by atoms with van der Waals surface area (Å²) >= 11 is 1.27. The van der Waals surface area contributed by atoms with Crippen molar-refractivity contribution in [3.05, 3.63) is 119 Å². The Morgan fingerprint density at radius 3 is 2.10 bits per heavy atom. The van der Waals surface area contributed by atoms with E-state index >= 15 is 0 Å². The number of β-lactam (4-membered cyclic amide) rings is 1. The van der Waals surface area contributed by atoms with Gasteiger partial charge in [0.1, 0.15) is 11.4 Å². The zero-order valence-corrected chi connectivity index (χ0v) is 23.2. The number of hydrogen-bond acceptors (Lipinski definition) is 7. The van der Waals surface area contributed by atoms with E-state index in [0.29, 0.717) is 12.0 Å². The summed E-state index contributed by atoms with van der Waals surface area (Å²) in [6.45, 7) is -0.114. The topological polar surface area (TPSA) is 116 Å². The van der Waals surface area contributed by atoms with Crippen molar-refractivity contribution in [2.45, 2.75) is 48.9 Å². The molecule has 1 saturated heterocycles. The van der Waals surface area contributed by atoms with Gasteiger partial charge in [-0.1, -0.05) is 91.0 Å². The molecule has 2 heterocycles. The Kier molecular flexibility index (Phi) is 9.18. The molecule has 0 radical (unpaired) electrons. The number of fused-ring (bicyclic) bond motifs is 1. The average Bonchev–Trinajstić information content (AvgIpc) is 3.01. The second-order valence-electron chi connectivity index (χ2n) is 10.0. The highest BCUT2D eigenvalue weighted by Crippen LogP contribution is 2.42. The third-order valence-corrected chi connectivity index (χ3v) is 8.41. The van der Waals surface area contributed by atoms with Gasteiger partial charge in [-0.15, -0.1) is 11.8 Å². The van der Waals surface area contributed by atoms with Crippen molar-refractivity contribution in [1.29, 1.82) is 0 Å². The predicted molar refractivity (Wildman–Crippen MR) is 155 cm³/mol. The second kappa shape index (κ2) is 13.2. The van der Waals surface area contributed by atoms with Crippen LogP contribution >= 0.6 is 11.8 Å². The number of carbonyl (C=O) groups excluding carboxylic acids is 3. The number of aliphatic hydroxyl groups is 2. The van der Waals surface area contributed by atoms with Gasteiger partial charge in [0.15, 0.2) is 12.1 Å². The zero-order chi connectivity index (χ0) is 28.8. The second-order valence-corrected chi connectivity index (χ2v) is 11.0. The number of nitrogens with one attached hydrogen (secondary N) is 1. The van der Waals surface area contributed by atoms with Crippen molar-refractivity contribution in [3.63, 3.8) is 0 Å². The molecule has 2 aliphatic heterocycles. The van der Waals surface area contributed by atoms with Gasteiger partial charge in [-0.25, -0.2) is 4.79 Å². The van der Waals surface area contributed by atoms with E-state index in [4.69, 9.17) is 4.74 Å². The summed E-state index contributed by atoms with van der Waals surface area (Å²) in [5.41, 5.74) is 2.70. The summed E-state index contributed by atoms with van der Waals surface area (Å²) in [6, 6.07) is 25.9. The first kappa shape index (κ1) is 28.6. The molecule has 4 atom stereocenters. The number of ether oxygens (including phenoxy) is 1. The Balaban J connectivity index is 1.39. The Morgan fingerprint density at radius 1 is 0.927 bits per heavy atom. The molecule has 2 amide bonds. The van der Waals surface area contributed by atoms with Crippen LogP contribution in [0.1, 0.15) is 35.6 Å². The maximum absolute atomic E-state index is 13.9.